The van der Waals surface area contributed by atoms with Gasteiger partial charge in [-0.1, -0.05) is 6.07 Å². The molecule has 0 aliphatic carbocycles. The molecule has 6 heteroatoms. The van der Waals surface area contributed by atoms with Crippen LogP contribution in [0.15, 0.2) is 24.3 Å². The minimum Gasteiger partial charge on any atom is -0.497 e. The van der Waals surface area contributed by atoms with Gasteiger partial charge in [0.15, 0.2) is 0 Å². The smallest absolute Gasteiger partial charge is 0.242 e. The summed E-state index contributed by atoms with van der Waals surface area (Å²) in [5.41, 5.74) is 3.20. The second-order valence-corrected chi connectivity index (χ2v) is 6.65. The zero-order valence-electron chi connectivity index (χ0n) is 15.0. The molecule has 0 spiro atoms. The predicted molar refractivity (Wildman–Crippen MR) is 96.1 cm³/mol. The van der Waals surface area contributed by atoms with Crippen molar-refractivity contribution in [1.29, 1.82) is 5.26 Å². The van der Waals surface area contributed by atoms with Crippen LogP contribution in [-0.2, 0) is 17.8 Å². The van der Waals surface area contributed by atoms with Gasteiger partial charge in [0, 0.05) is 19.5 Å². The maximum absolute atomic E-state index is 9.79. The first-order chi connectivity index (χ1) is 12.0. The van der Waals surface area contributed by atoms with Crippen molar-refractivity contribution in [2.45, 2.75) is 32.5 Å². The molecule has 6 nitrogen and oxygen atoms in total. The summed E-state index contributed by atoms with van der Waals surface area (Å²) in [4.78, 5) is 3.29. The molecule has 130 valence electrons. The lowest BCUT2D eigenvalue weighted by molar-refractivity contribution is -0.345. The van der Waals surface area contributed by atoms with Crippen molar-refractivity contribution in [1.82, 2.24) is 0 Å². The number of aromatic amines is 1. The summed E-state index contributed by atoms with van der Waals surface area (Å²) in [6.45, 7) is 4.56. The number of pyridine rings is 1. The van der Waals surface area contributed by atoms with Gasteiger partial charge in [-0.15, -0.1) is 0 Å². The molecule has 3 N–H and O–H groups in total. The molecule has 2 heterocycles. The number of methoxy groups -OCH3 is 1. The van der Waals surface area contributed by atoms with E-state index in [1.807, 2.05) is 45.2 Å². The van der Waals surface area contributed by atoms with Crippen LogP contribution < -0.4 is 20.4 Å². The first-order valence-electron chi connectivity index (χ1n) is 8.21. The highest BCUT2D eigenvalue weighted by Gasteiger charge is 2.33. The Labute approximate surface area is 147 Å². The van der Waals surface area contributed by atoms with Gasteiger partial charge in [0.1, 0.15) is 17.4 Å². The number of aromatic nitrogens is 1. The zero-order valence-corrected chi connectivity index (χ0v) is 15.0. The zero-order chi connectivity index (χ0) is 18.0. The standard InChI is InChI=1S/C19H22N4O2/c1-19(2)9-14-15(10-20)18(23-17(21-3)16(14)11-25-19)22-12-6-5-7-13(8-12)24-4/h5-8H,9,11H2,1-4H3,(H2,21,22,23)/p+1. The van der Waals surface area contributed by atoms with Crippen molar-refractivity contribution < 1.29 is 14.5 Å². The van der Waals surface area contributed by atoms with Crippen molar-refractivity contribution in [3.8, 4) is 11.8 Å². The Morgan fingerprint density at radius 2 is 2.08 bits per heavy atom. The molecule has 0 amide bonds. The Balaban J connectivity index is 2.09. The third-order valence-electron chi connectivity index (χ3n) is 4.38. The molecule has 0 unspecified atom stereocenters. The van der Waals surface area contributed by atoms with Gasteiger partial charge in [0.05, 0.1) is 30.6 Å². The molecule has 3 rings (SSSR count). The van der Waals surface area contributed by atoms with Crippen LogP contribution in [0.5, 0.6) is 5.75 Å². The fourth-order valence-corrected chi connectivity index (χ4v) is 3.09. The van der Waals surface area contributed by atoms with E-state index in [1.54, 1.807) is 7.11 Å². The minimum absolute atomic E-state index is 0.293. The van der Waals surface area contributed by atoms with Crippen molar-refractivity contribution in [3.63, 3.8) is 0 Å². The summed E-state index contributed by atoms with van der Waals surface area (Å²) in [5.74, 6) is 2.27. The molecule has 0 bridgehead atoms. The number of ether oxygens (including phenoxy) is 2. The molecule has 1 aromatic carbocycles. The van der Waals surface area contributed by atoms with E-state index in [9.17, 15) is 5.26 Å². The monoisotopic (exact) mass is 339 g/mol. The molecular weight excluding hydrogens is 316 g/mol. The number of fused-ring (bicyclic) bond motifs is 1. The van der Waals surface area contributed by atoms with Gasteiger partial charge in [-0.25, -0.2) is 4.98 Å². The predicted octanol–water partition coefficient (Wildman–Crippen LogP) is 3.02. The van der Waals surface area contributed by atoms with Crippen molar-refractivity contribution >= 4 is 17.3 Å². The van der Waals surface area contributed by atoms with Crippen LogP contribution in [0.25, 0.3) is 0 Å². The lowest BCUT2D eigenvalue weighted by Crippen LogP contribution is -2.35. The third-order valence-corrected chi connectivity index (χ3v) is 4.38. The molecule has 1 aromatic heterocycles. The van der Waals surface area contributed by atoms with E-state index < -0.39 is 0 Å². The second kappa shape index (κ2) is 6.61. The summed E-state index contributed by atoms with van der Waals surface area (Å²) >= 11 is 0. The number of benzene rings is 1. The summed E-state index contributed by atoms with van der Waals surface area (Å²) in [6, 6.07) is 9.96. The van der Waals surface area contributed by atoms with Crippen molar-refractivity contribution in [2.75, 3.05) is 24.8 Å². The molecule has 1 aliphatic rings. The van der Waals surface area contributed by atoms with Gasteiger partial charge in [-0.2, -0.15) is 5.26 Å². The molecule has 0 saturated carbocycles. The van der Waals surface area contributed by atoms with E-state index in [2.05, 4.69) is 21.7 Å². The minimum atomic E-state index is -0.293. The molecule has 1 aliphatic heterocycles. The molecular formula is C19H23N4O2+. The third kappa shape index (κ3) is 3.37. The van der Waals surface area contributed by atoms with E-state index in [-0.39, 0.29) is 5.60 Å². The second-order valence-electron chi connectivity index (χ2n) is 6.65. The van der Waals surface area contributed by atoms with Crippen LogP contribution in [0.3, 0.4) is 0 Å². The molecule has 25 heavy (non-hydrogen) atoms. The summed E-state index contributed by atoms with van der Waals surface area (Å²) in [6.07, 6.45) is 0.682. The van der Waals surface area contributed by atoms with Crippen molar-refractivity contribution in [2.24, 2.45) is 0 Å². The maximum atomic E-state index is 9.79. The van der Waals surface area contributed by atoms with E-state index in [0.717, 1.165) is 28.4 Å². The van der Waals surface area contributed by atoms with Crippen LogP contribution in [0.4, 0.5) is 17.3 Å². The van der Waals surface area contributed by atoms with Gasteiger partial charge in [0.2, 0.25) is 11.6 Å². The average Bonchev–Trinajstić information content (AvgIpc) is 2.60. The SMILES string of the molecule is CNc1[nH+]c(Nc2cccc(OC)c2)c(C#N)c2c1COC(C)(C)C2. The molecule has 2 aromatic rings. The highest BCUT2D eigenvalue weighted by Crippen LogP contribution is 2.35. The number of rotatable bonds is 4. The van der Waals surface area contributed by atoms with Gasteiger partial charge in [0.25, 0.3) is 0 Å². The molecule has 0 fully saturated rings. The van der Waals surface area contributed by atoms with E-state index in [0.29, 0.717) is 24.4 Å². The summed E-state index contributed by atoms with van der Waals surface area (Å²) in [7, 11) is 3.49. The molecule has 0 atom stereocenters. The highest BCUT2D eigenvalue weighted by molar-refractivity contribution is 5.67. The lowest BCUT2D eigenvalue weighted by Gasteiger charge is -2.32. The number of anilines is 3. The Morgan fingerprint density at radius 1 is 1.28 bits per heavy atom. The quantitative estimate of drug-likeness (QED) is 0.895. The number of hydrogen-bond donors (Lipinski definition) is 2. The van der Waals surface area contributed by atoms with Crippen LogP contribution in [-0.4, -0.2) is 19.8 Å². The Kier molecular flexibility index (Phi) is 4.51. The van der Waals surface area contributed by atoms with Crippen LogP contribution >= 0.6 is 0 Å². The highest BCUT2D eigenvalue weighted by atomic mass is 16.5. The van der Waals surface area contributed by atoms with Gasteiger partial charge < -0.3 is 14.8 Å². The lowest BCUT2D eigenvalue weighted by atomic mass is 9.89. The van der Waals surface area contributed by atoms with Crippen LogP contribution in [0, 0.1) is 11.3 Å². The fraction of sp³-hybridized carbons (Fsp3) is 0.368. The summed E-state index contributed by atoms with van der Waals surface area (Å²) < 4.78 is 11.2. The number of nitrogens with zero attached hydrogens (tertiary/aromatic N) is 1. The van der Waals surface area contributed by atoms with E-state index >= 15 is 0 Å². The van der Waals surface area contributed by atoms with E-state index in [1.165, 1.54) is 0 Å². The Hall–Kier alpha value is -2.78. The Bertz CT molecular complexity index is 840. The van der Waals surface area contributed by atoms with Gasteiger partial charge >= 0.3 is 0 Å². The largest absolute Gasteiger partial charge is 0.497 e. The number of nitriles is 1. The van der Waals surface area contributed by atoms with Crippen LogP contribution in [0.1, 0.15) is 30.5 Å². The first-order valence-corrected chi connectivity index (χ1v) is 8.21. The molecule has 0 saturated heterocycles. The van der Waals surface area contributed by atoms with Gasteiger partial charge in [-0.3, -0.25) is 5.32 Å². The van der Waals surface area contributed by atoms with Crippen molar-refractivity contribution in [3.05, 3.63) is 41.0 Å². The summed E-state index contributed by atoms with van der Waals surface area (Å²) in [5, 5.41) is 16.3. The molecule has 0 radical (unpaired) electrons. The topological polar surface area (TPSA) is 80.5 Å². The number of nitrogens with one attached hydrogen (secondary N) is 3. The average molecular weight is 339 g/mol. The first kappa shape index (κ1) is 17.1. The number of hydrogen-bond acceptors (Lipinski definition) is 5. The Morgan fingerprint density at radius 3 is 2.76 bits per heavy atom. The fourth-order valence-electron chi connectivity index (χ4n) is 3.09. The maximum Gasteiger partial charge on any atom is 0.242 e. The van der Waals surface area contributed by atoms with Gasteiger partial charge in [-0.05, 0) is 31.5 Å². The normalized spacial score (nSPS) is 15.0. The van der Waals surface area contributed by atoms with Crippen LogP contribution in [0.2, 0.25) is 0 Å². The van der Waals surface area contributed by atoms with E-state index in [4.69, 9.17) is 9.47 Å². The number of H-pyrrole nitrogens is 1.